The summed E-state index contributed by atoms with van der Waals surface area (Å²) in [7, 11) is 1.63. The van der Waals surface area contributed by atoms with E-state index in [2.05, 4.69) is 11.9 Å². The summed E-state index contributed by atoms with van der Waals surface area (Å²) in [5, 5.41) is 9.66. The second-order valence-corrected chi connectivity index (χ2v) is 5.51. The van der Waals surface area contributed by atoms with Crippen molar-refractivity contribution in [3.8, 4) is 16.3 Å². The molecule has 1 aromatic carbocycles. The maximum atomic E-state index is 10.7. The lowest BCUT2D eigenvalue weighted by Gasteiger charge is -2.00. The van der Waals surface area contributed by atoms with Crippen LogP contribution in [0.2, 0.25) is 0 Å². The summed E-state index contributed by atoms with van der Waals surface area (Å²) >= 11 is 1.51. The molecule has 0 radical (unpaired) electrons. The average molecular weight is 303 g/mol. The molecule has 1 N–H and O–H groups in total. The molecule has 0 fully saturated rings. The first-order valence-corrected chi connectivity index (χ1v) is 7.50. The maximum absolute atomic E-state index is 10.7. The van der Waals surface area contributed by atoms with Gasteiger partial charge in [-0.05, 0) is 36.8 Å². The zero-order valence-corrected chi connectivity index (χ0v) is 12.8. The number of nitrogens with zero attached hydrogens (tertiary/aromatic N) is 1. The number of aryl methyl sites for hydroxylation is 1. The lowest BCUT2D eigenvalue weighted by molar-refractivity contribution is -0.131. The zero-order valence-electron chi connectivity index (χ0n) is 12.0. The first kappa shape index (κ1) is 15.3. The summed E-state index contributed by atoms with van der Waals surface area (Å²) in [6.07, 6.45) is 4.59. The van der Waals surface area contributed by atoms with Gasteiger partial charge >= 0.3 is 5.97 Å². The Morgan fingerprint density at radius 1 is 1.38 bits per heavy atom. The van der Waals surface area contributed by atoms with E-state index in [1.165, 1.54) is 11.3 Å². The highest BCUT2D eigenvalue weighted by Gasteiger charge is 2.10. The van der Waals surface area contributed by atoms with Crippen molar-refractivity contribution >= 4 is 23.4 Å². The summed E-state index contributed by atoms with van der Waals surface area (Å²) in [5.41, 5.74) is 1.96. The van der Waals surface area contributed by atoms with Crippen LogP contribution in [0.4, 0.5) is 0 Å². The summed E-state index contributed by atoms with van der Waals surface area (Å²) in [4.78, 5) is 16.2. The zero-order chi connectivity index (χ0) is 15.2. The van der Waals surface area contributed by atoms with E-state index < -0.39 is 5.97 Å². The number of carboxylic acid groups (broad SMARTS) is 1. The molecule has 0 unspecified atom stereocenters. The Morgan fingerprint density at radius 2 is 2.10 bits per heavy atom. The molecule has 0 spiro atoms. The fourth-order valence-corrected chi connectivity index (χ4v) is 2.93. The molecule has 0 bridgehead atoms. The van der Waals surface area contributed by atoms with Crippen LogP contribution in [0, 0.1) is 0 Å². The van der Waals surface area contributed by atoms with Crippen LogP contribution in [0.25, 0.3) is 16.6 Å². The Labute approximate surface area is 127 Å². The lowest BCUT2D eigenvalue weighted by Crippen LogP contribution is -1.88. The number of rotatable bonds is 6. The van der Waals surface area contributed by atoms with Gasteiger partial charge in [-0.2, -0.15) is 0 Å². The minimum atomic E-state index is -0.947. The van der Waals surface area contributed by atoms with Gasteiger partial charge in [0.05, 0.1) is 17.7 Å². The largest absolute Gasteiger partial charge is 0.497 e. The molecule has 0 amide bonds. The Morgan fingerprint density at radius 3 is 2.67 bits per heavy atom. The highest BCUT2D eigenvalue weighted by Crippen LogP contribution is 2.30. The number of carboxylic acids is 1. The number of thiazole rings is 1. The molecule has 0 aliphatic carbocycles. The molecule has 110 valence electrons. The Kier molecular flexibility index (Phi) is 5.11. The van der Waals surface area contributed by atoms with Crippen LogP contribution < -0.4 is 4.74 Å². The maximum Gasteiger partial charge on any atom is 0.328 e. The lowest BCUT2D eigenvalue weighted by atomic mass is 10.2. The predicted octanol–water partition coefficient (Wildman–Crippen LogP) is 3.87. The molecule has 1 heterocycles. The van der Waals surface area contributed by atoms with E-state index >= 15 is 0 Å². The fraction of sp³-hybridized carbons (Fsp3) is 0.250. The number of ether oxygens (including phenoxy) is 1. The molecule has 0 saturated carbocycles. The second-order valence-electron chi connectivity index (χ2n) is 4.48. The molecule has 4 nitrogen and oxygen atoms in total. The van der Waals surface area contributed by atoms with Crippen LogP contribution in [0.3, 0.4) is 0 Å². The quantitative estimate of drug-likeness (QED) is 0.823. The van der Waals surface area contributed by atoms with Gasteiger partial charge in [0.1, 0.15) is 10.8 Å². The molecule has 5 heteroatoms. The number of aromatic nitrogens is 1. The molecule has 2 rings (SSSR count). The van der Waals surface area contributed by atoms with Gasteiger partial charge in [0.15, 0.2) is 0 Å². The van der Waals surface area contributed by atoms with Crippen molar-refractivity contribution < 1.29 is 14.6 Å². The van der Waals surface area contributed by atoms with Crippen LogP contribution in [0.1, 0.15) is 23.9 Å². The number of methoxy groups -OCH3 is 1. The molecular weight excluding hydrogens is 286 g/mol. The van der Waals surface area contributed by atoms with Crippen LogP contribution in [-0.4, -0.2) is 23.2 Å². The Balaban J connectivity index is 2.35. The van der Waals surface area contributed by atoms with Crippen LogP contribution in [-0.2, 0) is 11.2 Å². The number of aliphatic carboxylic acids is 1. The molecule has 0 atom stereocenters. The summed E-state index contributed by atoms with van der Waals surface area (Å²) < 4.78 is 5.14. The molecule has 2 aromatic rings. The molecule has 0 aliphatic heterocycles. The van der Waals surface area contributed by atoms with Gasteiger partial charge in [-0.15, -0.1) is 11.3 Å². The third-order valence-electron chi connectivity index (χ3n) is 2.93. The highest BCUT2D eigenvalue weighted by atomic mass is 32.1. The van der Waals surface area contributed by atoms with Crippen LogP contribution in [0.15, 0.2) is 30.3 Å². The number of hydrogen-bond acceptors (Lipinski definition) is 4. The van der Waals surface area contributed by atoms with Gasteiger partial charge in [-0.25, -0.2) is 9.78 Å². The first-order valence-electron chi connectivity index (χ1n) is 6.69. The minimum absolute atomic E-state index is 0.801. The monoisotopic (exact) mass is 303 g/mol. The third-order valence-corrected chi connectivity index (χ3v) is 4.04. The van der Waals surface area contributed by atoms with Crippen molar-refractivity contribution in [2.45, 2.75) is 19.8 Å². The van der Waals surface area contributed by atoms with Crippen molar-refractivity contribution in [2.75, 3.05) is 7.11 Å². The summed E-state index contributed by atoms with van der Waals surface area (Å²) in [5.74, 6) is -0.146. The van der Waals surface area contributed by atoms with E-state index in [1.807, 2.05) is 24.3 Å². The van der Waals surface area contributed by atoms with Crippen molar-refractivity contribution in [1.82, 2.24) is 4.98 Å². The van der Waals surface area contributed by atoms with Crippen molar-refractivity contribution in [3.63, 3.8) is 0 Å². The van der Waals surface area contributed by atoms with Gasteiger partial charge < -0.3 is 9.84 Å². The number of carbonyl (C=O) groups is 1. The highest BCUT2D eigenvalue weighted by molar-refractivity contribution is 7.16. The first-order chi connectivity index (χ1) is 10.1. The molecular formula is C16H17NO3S. The topological polar surface area (TPSA) is 59.4 Å². The van der Waals surface area contributed by atoms with E-state index in [-0.39, 0.29) is 0 Å². The minimum Gasteiger partial charge on any atom is -0.497 e. The predicted molar refractivity (Wildman–Crippen MR) is 84.8 cm³/mol. The number of hydrogen-bond donors (Lipinski definition) is 1. The van der Waals surface area contributed by atoms with Crippen LogP contribution in [0.5, 0.6) is 5.75 Å². The normalized spacial score (nSPS) is 11.0. The van der Waals surface area contributed by atoms with Gasteiger partial charge in [0.2, 0.25) is 0 Å². The second kappa shape index (κ2) is 7.04. The average Bonchev–Trinajstić information content (AvgIpc) is 2.89. The molecule has 1 aromatic heterocycles. The number of benzene rings is 1. The molecule has 0 saturated heterocycles. The van der Waals surface area contributed by atoms with Gasteiger partial charge in [0.25, 0.3) is 0 Å². The van der Waals surface area contributed by atoms with Gasteiger partial charge in [-0.3, -0.25) is 0 Å². The fourth-order valence-electron chi connectivity index (χ4n) is 1.91. The van der Waals surface area contributed by atoms with Crippen LogP contribution >= 0.6 is 11.3 Å². The SMILES string of the molecule is CCCc1nc(-c2ccc(OC)cc2)sc1/C=C/C(=O)O. The van der Waals surface area contributed by atoms with Gasteiger partial charge in [0, 0.05) is 11.6 Å². The van der Waals surface area contributed by atoms with Crippen molar-refractivity contribution in [1.29, 1.82) is 0 Å². The Bertz CT molecular complexity index is 644. The molecule has 21 heavy (non-hydrogen) atoms. The summed E-state index contributed by atoms with van der Waals surface area (Å²) in [6, 6.07) is 7.70. The summed E-state index contributed by atoms with van der Waals surface area (Å²) in [6.45, 7) is 2.08. The van der Waals surface area contributed by atoms with Gasteiger partial charge in [-0.1, -0.05) is 13.3 Å². The van der Waals surface area contributed by atoms with Crippen molar-refractivity contribution in [3.05, 3.63) is 40.9 Å². The Hall–Kier alpha value is -2.14. The third kappa shape index (κ3) is 3.92. The van der Waals surface area contributed by atoms with E-state index in [1.54, 1.807) is 13.2 Å². The van der Waals surface area contributed by atoms with Crippen molar-refractivity contribution in [2.24, 2.45) is 0 Å². The smallest absolute Gasteiger partial charge is 0.328 e. The van der Waals surface area contributed by atoms with E-state index in [0.29, 0.717) is 0 Å². The molecule has 0 aliphatic rings. The van der Waals surface area contributed by atoms with E-state index in [0.717, 1.165) is 45.8 Å². The van der Waals surface area contributed by atoms with E-state index in [4.69, 9.17) is 9.84 Å². The van der Waals surface area contributed by atoms with E-state index in [9.17, 15) is 4.79 Å². The standard InChI is InChI=1S/C16H17NO3S/c1-3-4-13-14(9-10-15(18)19)21-16(17-13)11-5-7-12(20-2)8-6-11/h5-10H,3-4H2,1-2H3,(H,18,19)/b10-9+.